The molecule has 1 heterocycles. The SMILES string of the molecule is COc1cc2[nH]c(=O)c(C#N)c(O)c2cc1Cl. The number of nitrogens with zero attached hydrogens (tertiary/aromatic N) is 1. The summed E-state index contributed by atoms with van der Waals surface area (Å²) < 4.78 is 4.99. The summed E-state index contributed by atoms with van der Waals surface area (Å²) in [5.41, 5.74) is -0.631. The zero-order valence-corrected chi connectivity index (χ0v) is 9.50. The molecule has 0 atom stereocenters. The lowest BCUT2D eigenvalue weighted by atomic mass is 10.1. The lowest BCUT2D eigenvalue weighted by Crippen LogP contribution is -2.10. The van der Waals surface area contributed by atoms with Gasteiger partial charge in [0.25, 0.3) is 5.56 Å². The van der Waals surface area contributed by atoms with Crippen LogP contribution in [0.1, 0.15) is 5.56 Å². The molecule has 0 aliphatic heterocycles. The van der Waals surface area contributed by atoms with E-state index in [1.165, 1.54) is 19.2 Å². The van der Waals surface area contributed by atoms with E-state index in [0.717, 1.165) is 0 Å². The number of nitriles is 1. The molecule has 2 N–H and O–H groups in total. The summed E-state index contributed by atoms with van der Waals surface area (Å²) in [5, 5.41) is 19.1. The minimum absolute atomic E-state index is 0.284. The molecule has 2 rings (SSSR count). The summed E-state index contributed by atoms with van der Waals surface area (Å²) in [4.78, 5) is 13.9. The average molecular weight is 251 g/mol. The standard InChI is InChI=1S/C11H7ClN2O3/c1-17-9-3-8-5(2-7(9)12)10(15)6(4-13)11(16)14-8/h2-3H,1H3,(H2,14,15,16). The van der Waals surface area contributed by atoms with Crippen molar-refractivity contribution < 1.29 is 9.84 Å². The summed E-state index contributed by atoms with van der Waals surface area (Å²) >= 11 is 5.90. The molecule has 0 spiro atoms. The molecule has 17 heavy (non-hydrogen) atoms. The van der Waals surface area contributed by atoms with Crippen LogP contribution in [0.4, 0.5) is 0 Å². The first-order valence-corrected chi connectivity index (χ1v) is 4.99. The van der Waals surface area contributed by atoms with E-state index in [2.05, 4.69) is 4.98 Å². The van der Waals surface area contributed by atoms with E-state index in [9.17, 15) is 9.90 Å². The Labute approximate surface area is 101 Å². The Hall–Kier alpha value is -2.19. The monoisotopic (exact) mass is 250 g/mol. The molecule has 5 nitrogen and oxygen atoms in total. The van der Waals surface area contributed by atoms with Gasteiger partial charge in [-0.15, -0.1) is 0 Å². The van der Waals surface area contributed by atoms with Crippen LogP contribution in [-0.4, -0.2) is 17.2 Å². The number of benzene rings is 1. The molecule has 0 unspecified atom stereocenters. The number of rotatable bonds is 1. The molecule has 1 aromatic carbocycles. The van der Waals surface area contributed by atoms with Crippen LogP contribution in [-0.2, 0) is 0 Å². The minimum Gasteiger partial charge on any atom is -0.506 e. The Balaban J connectivity index is 2.94. The highest BCUT2D eigenvalue weighted by Gasteiger charge is 2.13. The van der Waals surface area contributed by atoms with Crippen molar-refractivity contribution in [2.24, 2.45) is 0 Å². The van der Waals surface area contributed by atoms with Crippen LogP contribution in [0.2, 0.25) is 5.02 Å². The zero-order valence-electron chi connectivity index (χ0n) is 8.74. The second kappa shape index (κ2) is 4.00. The van der Waals surface area contributed by atoms with Crippen molar-refractivity contribution in [3.8, 4) is 17.6 Å². The number of hydrogen-bond acceptors (Lipinski definition) is 4. The van der Waals surface area contributed by atoms with Crippen molar-refractivity contribution >= 4 is 22.5 Å². The van der Waals surface area contributed by atoms with E-state index in [4.69, 9.17) is 21.6 Å². The Morgan fingerprint density at radius 1 is 1.53 bits per heavy atom. The van der Waals surface area contributed by atoms with Crippen LogP contribution in [0.3, 0.4) is 0 Å². The molecule has 0 amide bonds. The second-order valence-corrected chi connectivity index (χ2v) is 3.73. The van der Waals surface area contributed by atoms with E-state index in [-0.39, 0.29) is 16.3 Å². The van der Waals surface area contributed by atoms with Crippen LogP contribution < -0.4 is 10.3 Å². The van der Waals surface area contributed by atoms with E-state index in [1.54, 1.807) is 6.07 Å². The van der Waals surface area contributed by atoms with Crippen LogP contribution in [0.15, 0.2) is 16.9 Å². The normalized spacial score (nSPS) is 10.2. The van der Waals surface area contributed by atoms with Crippen molar-refractivity contribution in [1.29, 1.82) is 5.26 Å². The van der Waals surface area contributed by atoms with Gasteiger partial charge in [-0.1, -0.05) is 11.6 Å². The highest BCUT2D eigenvalue weighted by Crippen LogP contribution is 2.33. The summed E-state index contributed by atoms with van der Waals surface area (Å²) in [5.74, 6) is -0.00488. The maximum atomic E-state index is 11.5. The number of aromatic nitrogens is 1. The largest absolute Gasteiger partial charge is 0.506 e. The molecular formula is C11H7ClN2O3. The summed E-state index contributed by atoms with van der Waals surface area (Å²) in [6.07, 6.45) is 0. The van der Waals surface area contributed by atoms with E-state index in [0.29, 0.717) is 16.7 Å². The first-order valence-electron chi connectivity index (χ1n) is 4.61. The molecule has 0 saturated carbocycles. The van der Waals surface area contributed by atoms with Crippen molar-refractivity contribution in [3.63, 3.8) is 0 Å². The number of pyridine rings is 1. The molecule has 0 fully saturated rings. The molecule has 2 aromatic rings. The van der Waals surface area contributed by atoms with Gasteiger partial charge in [-0.25, -0.2) is 0 Å². The summed E-state index contributed by atoms with van der Waals surface area (Å²) in [7, 11) is 1.44. The lowest BCUT2D eigenvalue weighted by Gasteiger charge is -2.07. The maximum absolute atomic E-state index is 11.5. The molecular weight excluding hydrogens is 244 g/mol. The van der Waals surface area contributed by atoms with Gasteiger partial charge >= 0.3 is 0 Å². The number of halogens is 1. The number of hydrogen-bond donors (Lipinski definition) is 2. The predicted molar refractivity (Wildman–Crippen MR) is 62.5 cm³/mol. The fourth-order valence-corrected chi connectivity index (χ4v) is 1.78. The van der Waals surface area contributed by atoms with E-state index < -0.39 is 5.56 Å². The third-order valence-corrected chi connectivity index (χ3v) is 2.67. The Morgan fingerprint density at radius 3 is 2.82 bits per heavy atom. The molecule has 86 valence electrons. The van der Waals surface area contributed by atoms with Crippen molar-refractivity contribution in [2.75, 3.05) is 7.11 Å². The number of fused-ring (bicyclic) bond motifs is 1. The number of aromatic hydroxyl groups is 1. The zero-order chi connectivity index (χ0) is 12.6. The maximum Gasteiger partial charge on any atom is 0.270 e. The summed E-state index contributed by atoms with van der Waals surface area (Å²) in [6, 6.07) is 4.55. The van der Waals surface area contributed by atoms with Crippen molar-refractivity contribution in [2.45, 2.75) is 0 Å². The molecule has 1 aromatic heterocycles. The third-order valence-electron chi connectivity index (χ3n) is 2.37. The number of methoxy groups -OCH3 is 1. The van der Waals surface area contributed by atoms with Crippen LogP contribution in [0, 0.1) is 11.3 Å². The molecule has 6 heteroatoms. The van der Waals surface area contributed by atoms with Gasteiger partial charge in [-0.05, 0) is 6.07 Å². The van der Waals surface area contributed by atoms with Gasteiger partial charge in [-0.3, -0.25) is 4.79 Å². The Kier molecular flexibility index (Phi) is 2.66. The predicted octanol–water partition coefficient (Wildman–Crippen LogP) is 1.77. The van der Waals surface area contributed by atoms with Crippen LogP contribution in [0.25, 0.3) is 10.9 Å². The minimum atomic E-state index is -0.651. The number of aromatic amines is 1. The number of ether oxygens (including phenoxy) is 1. The van der Waals surface area contributed by atoms with Gasteiger partial charge in [0.1, 0.15) is 17.6 Å². The van der Waals surface area contributed by atoms with Gasteiger partial charge in [0.05, 0.1) is 17.6 Å². The van der Waals surface area contributed by atoms with Crippen molar-refractivity contribution in [3.05, 3.63) is 33.1 Å². The van der Waals surface area contributed by atoms with Gasteiger partial charge in [-0.2, -0.15) is 5.26 Å². The van der Waals surface area contributed by atoms with E-state index in [1.807, 2.05) is 0 Å². The fourth-order valence-electron chi connectivity index (χ4n) is 1.54. The van der Waals surface area contributed by atoms with Gasteiger partial charge < -0.3 is 14.8 Å². The Morgan fingerprint density at radius 2 is 2.24 bits per heavy atom. The molecule has 0 bridgehead atoms. The molecule has 0 aliphatic rings. The second-order valence-electron chi connectivity index (χ2n) is 3.32. The van der Waals surface area contributed by atoms with Crippen LogP contribution >= 0.6 is 11.6 Å². The quantitative estimate of drug-likeness (QED) is 0.808. The number of H-pyrrole nitrogens is 1. The molecule has 0 radical (unpaired) electrons. The van der Waals surface area contributed by atoms with Gasteiger partial charge in [0, 0.05) is 11.5 Å². The van der Waals surface area contributed by atoms with Gasteiger partial charge in [0.15, 0.2) is 5.56 Å². The molecule has 0 saturated heterocycles. The average Bonchev–Trinajstić information content (AvgIpc) is 2.30. The fraction of sp³-hybridized carbons (Fsp3) is 0.0909. The van der Waals surface area contributed by atoms with Crippen molar-refractivity contribution in [1.82, 2.24) is 4.98 Å². The summed E-state index contributed by atoms with van der Waals surface area (Å²) in [6.45, 7) is 0. The molecule has 0 aliphatic carbocycles. The van der Waals surface area contributed by atoms with Crippen LogP contribution in [0.5, 0.6) is 11.5 Å². The number of nitrogens with one attached hydrogen (secondary N) is 1. The smallest absolute Gasteiger partial charge is 0.270 e. The topological polar surface area (TPSA) is 86.1 Å². The first kappa shape index (κ1) is 11.3. The third kappa shape index (κ3) is 1.69. The lowest BCUT2D eigenvalue weighted by molar-refractivity contribution is 0.415. The Bertz CT molecular complexity index is 700. The highest BCUT2D eigenvalue weighted by molar-refractivity contribution is 6.33. The van der Waals surface area contributed by atoms with E-state index >= 15 is 0 Å². The highest BCUT2D eigenvalue weighted by atomic mass is 35.5. The first-order chi connectivity index (χ1) is 8.08. The van der Waals surface area contributed by atoms with Gasteiger partial charge in [0.2, 0.25) is 0 Å².